The largest absolute Gasteiger partial charge is 0.476 e. The van der Waals surface area contributed by atoms with Gasteiger partial charge in [0.05, 0.1) is 6.61 Å². The first-order valence-electron chi connectivity index (χ1n) is 6.28. The van der Waals surface area contributed by atoms with E-state index in [0.29, 0.717) is 6.54 Å². The highest BCUT2D eigenvalue weighted by atomic mass is 19.4. The van der Waals surface area contributed by atoms with Gasteiger partial charge in [-0.1, -0.05) is 0 Å². The van der Waals surface area contributed by atoms with Gasteiger partial charge >= 0.3 is 12.1 Å². The first kappa shape index (κ1) is 17.2. The molecule has 0 aliphatic rings. The molecule has 0 spiro atoms. The molecule has 0 amide bonds. The highest BCUT2D eigenvalue weighted by Crippen LogP contribution is 2.30. The van der Waals surface area contributed by atoms with E-state index in [4.69, 9.17) is 9.47 Å². The fourth-order valence-electron chi connectivity index (χ4n) is 1.40. The summed E-state index contributed by atoms with van der Waals surface area (Å²) in [7, 11) is 3.57. The van der Waals surface area contributed by atoms with E-state index >= 15 is 0 Å². The van der Waals surface area contributed by atoms with Gasteiger partial charge in [-0.25, -0.2) is 9.78 Å². The molecule has 5 nitrogen and oxygen atoms in total. The van der Waals surface area contributed by atoms with Gasteiger partial charge in [0, 0.05) is 6.54 Å². The molecule has 1 aromatic rings. The molecule has 1 heterocycles. The third-order valence-electron chi connectivity index (χ3n) is 2.42. The zero-order chi connectivity index (χ0) is 16.0. The van der Waals surface area contributed by atoms with Crippen molar-refractivity contribution in [2.75, 3.05) is 33.9 Å². The first-order valence-corrected chi connectivity index (χ1v) is 6.28. The van der Waals surface area contributed by atoms with E-state index in [1.807, 2.05) is 0 Å². The third-order valence-corrected chi connectivity index (χ3v) is 2.42. The van der Waals surface area contributed by atoms with Crippen LogP contribution >= 0.6 is 0 Å². The van der Waals surface area contributed by atoms with Crippen molar-refractivity contribution < 1.29 is 27.4 Å². The van der Waals surface area contributed by atoms with Crippen molar-refractivity contribution in [2.24, 2.45) is 0 Å². The fraction of sp³-hybridized carbons (Fsp3) is 0.538. The number of ether oxygens (including phenoxy) is 2. The minimum Gasteiger partial charge on any atom is -0.476 e. The van der Waals surface area contributed by atoms with Crippen LogP contribution in [0.15, 0.2) is 12.1 Å². The van der Waals surface area contributed by atoms with Crippen LogP contribution in [0.25, 0.3) is 0 Å². The summed E-state index contributed by atoms with van der Waals surface area (Å²) in [4.78, 5) is 16.9. The number of rotatable bonds is 6. The highest BCUT2D eigenvalue weighted by Gasteiger charge is 2.34. The summed E-state index contributed by atoms with van der Waals surface area (Å²) in [6.45, 7) is 2.28. The van der Waals surface area contributed by atoms with Crippen molar-refractivity contribution in [3.8, 4) is 5.88 Å². The van der Waals surface area contributed by atoms with Gasteiger partial charge in [0.1, 0.15) is 17.9 Å². The Labute approximate surface area is 120 Å². The first-order chi connectivity index (χ1) is 9.75. The van der Waals surface area contributed by atoms with E-state index in [0.717, 1.165) is 12.1 Å². The van der Waals surface area contributed by atoms with E-state index in [1.54, 1.807) is 25.9 Å². The molecule has 0 atom stereocenters. The van der Waals surface area contributed by atoms with Crippen LogP contribution in [-0.4, -0.2) is 49.7 Å². The number of alkyl halides is 3. The molecular weight excluding hydrogens is 289 g/mol. The van der Waals surface area contributed by atoms with Crippen LogP contribution in [-0.2, 0) is 10.9 Å². The summed E-state index contributed by atoms with van der Waals surface area (Å²) in [5, 5.41) is 0. The van der Waals surface area contributed by atoms with Crippen molar-refractivity contribution >= 4 is 5.97 Å². The Morgan fingerprint density at radius 3 is 2.52 bits per heavy atom. The number of hydrogen-bond donors (Lipinski definition) is 0. The molecule has 118 valence electrons. The smallest absolute Gasteiger partial charge is 0.433 e. The minimum absolute atomic E-state index is 0.105. The number of carbonyl (C=O) groups excluding carboxylic acids is 1. The second-order valence-electron chi connectivity index (χ2n) is 4.42. The van der Waals surface area contributed by atoms with Gasteiger partial charge in [-0.15, -0.1) is 0 Å². The Bertz CT molecular complexity index is 490. The standard InChI is InChI=1S/C13H17F3N2O3/c1-4-20-12(19)9-5-6-10(13(14,15)16)17-11(9)21-8-7-18(2)3/h5-6H,4,7-8H2,1-3H3. The van der Waals surface area contributed by atoms with Crippen LogP contribution in [0.1, 0.15) is 23.0 Å². The molecule has 0 N–H and O–H groups in total. The molecule has 1 rings (SSSR count). The minimum atomic E-state index is -4.60. The van der Waals surface area contributed by atoms with E-state index in [-0.39, 0.29) is 24.7 Å². The normalized spacial score (nSPS) is 11.6. The Kier molecular flexibility index (Phi) is 5.95. The quantitative estimate of drug-likeness (QED) is 0.754. The Balaban J connectivity index is 3.03. The molecule has 0 aliphatic carbocycles. The third kappa shape index (κ3) is 5.22. The average Bonchev–Trinajstić information content (AvgIpc) is 2.37. The Morgan fingerprint density at radius 1 is 1.33 bits per heavy atom. The molecular formula is C13H17F3N2O3. The lowest BCUT2D eigenvalue weighted by Crippen LogP contribution is -2.21. The number of nitrogens with zero attached hydrogens (tertiary/aromatic N) is 2. The second kappa shape index (κ2) is 7.26. The molecule has 0 saturated carbocycles. The summed E-state index contributed by atoms with van der Waals surface area (Å²) in [5.41, 5.74) is -1.24. The van der Waals surface area contributed by atoms with Gasteiger partial charge in [-0.2, -0.15) is 13.2 Å². The van der Waals surface area contributed by atoms with E-state index in [2.05, 4.69) is 4.98 Å². The van der Waals surface area contributed by atoms with Crippen LogP contribution in [0.2, 0.25) is 0 Å². The van der Waals surface area contributed by atoms with Gasteiger partial charge in [0.2, 0.25) is 5.88 Å². The average molecular weight is 306 g/mol. The number of carbonyl (C=O) groups is 1. The summed E-state index contributed by atoms with van der Waals surface area (Å²) in [6, 6.07) is 1.74. The molecule has 0 aromatic carbocycles. The van der Waals surface area contributed by atoms with Gasteiger partial charge < -0.3 is 14.4 Å². The summed E-state index contributed by atoms with van der Waals surface area (Å²) < 4.78 is 47.9. The lowest BCUT2D eigenvalue weighted by atomic mass is 10.2. The van der Waals surface area contributed by atoms with Crippen LogP contribution in [0, 0.1) is 0 Å². The fourth-order valence-corrected chi connectivity index (χ4v) is 1.40. The molecule has 8 heteroatoms. The number of hydrogen-bond acceptors (Lipinski definition) is 5. The van der Waals surface area contributed by atoms with Crippen LogP contribution < -0.4 is 4.74 Å². The highest BCUT2D eigenvalue weighted by molar-refractivity contribution is 5.91. The number of halogens is 3. The van der Waals surface area contributed by atoms with Gasteiger partial charge in [0.15, 0.2) is 0 Å². The number of aromatic nitrogens is 1. The molecule has 0 bridgehead atoms. The zero-order valence-electron chi connectivity index (χ0n) is 12.0. The van der Waals surface area contributed by atoms with Crippen molar-refractivity contribution in [2.45, 2.75) is 13.1 Å². The van der Waals surface area contributed by atoms with Crippen LogP contribution in [0.3, 0.4) is 0 Å². The van der Waals surface area contributed by atoms with E-state index in [1.165, 1.54) is 0 Å². The van der Waals surface area contributed by atoms with Crippen molar-refractivity contribution in [3.63, 3.8) is 0 Å². The topological polar surface area (TPSA) is 51.7 Å². The zero-order valence-corrected chi connectivity index (χ0v) is 12.0. The molecule has 0 saturated heterocycles. The maximum atomic E-state index is 12.7. The molecule has 0 fully saturated rings. The SMILES string of the molecule is CCOC(=O)c1ccc(C(F)(F)F)nc1OCCN(C)C. The predicted octanol–water partition coefficient (Wildman–Crippen LogP) is 2.22. The molecule has 0 radical (unpaired) electrons. The Hall–Kier alpha value is -1.83. The van der Waals surface area contributed by atoms with Gasteiger partial charge in [-0.05, 0) is 33.2 Å². The number of esters is 1. The molecule has 21 heavy (non-hydrogen) atoms. The van der Waals surface area contributed by atoms with Crippen molar-refractivity contribution in [1.29, 1.82) is 0 Å². The number of pyridine rings is 1. The maximum absolute atomic E-state index is 12.7. The molecule has 0 aliphatic heterocycles. The maximum Gasteiger partial charge on any atom is 0.433 e. The van der Waals surface area contributed by atoms with E-state index < -0.39 is 17.8 Å². The van der Waals surface area contributed by atoms with Crippen LogP contribution in [0.4, 0.5) is 13.2 Å². The predicted molar refractivity (Wildman–Crippen MR) is 69.2 cm³/mol. The van der Waals surface area contributed by atoms with Crippen LogP contribution in [0.5, 0.6) is 5.88 Å². The lowest BCUT2D eigenvalue weighted by molar-refractivity contribution is -0.141. The Morgan fingerprint density at radius 2 is 2.00 bits per heavy atom. The van der Waals surface area contributed by atoms with Crippen molar-refractivity contribution in [1.82, 2.24) is 9.88 Å². The summed E-state index contributed by atoms with van der Waals surface area (Å²) >= 11 is 0. The monoisotopic (exact) mass is 306 g/mol. The molecule has 0 unspecified atom stereocenters. The van der Waals surface area contributed by atoms with Gasteiger partial charge in [-0.3, -0.25) is 0 Å². The second-order valence-corrected chi connectivity index (χ2v) is 4.42. The lowest BCUT2D eigenvalue weighted by Gasteiger charge is -2.14. The van der Waals surface area contributed by atoms with E-state index in [9.17, 15) is 18.0 Å². The van der Waals surface area contributed by atoms with Gasteiger partial charge in [0.25, 0.3) is 0 Å². The summed E-state index contributed by atoms with van der Waals surface area (Å²) in [5.74, 6) is -1.14. The number of likely N-dealkylation sites (N-methyl/N-ethyl adjacent to an activating group) is 1. The molecule has 1 aromatic heterocycles. The van der Waals surface area contributed by atoms with Crippen molar-refractivity contribution in [3.05, 3.63) is 23.4 Å². The summed E-state index contributed by atoms with van der Waals surface area (Å²) in [6.07, 6.45) is -4.60.